The summed E-state index contributed by atoms with van der Waals surface area (Å²) in [7, 11) is 0. The van der Waals surface area contributed by atoms with Crippen LogP contribution < -0.4 is 5.32 Å². The summed E-state index contributed by atoms with van der Waals surface area (Å²) in [6.45, 7) is 1.47. The molecule has 0 spiro atoms. The minimum Gasteiger partial charge on any atom is -0.345 e. The summed E-state index contributed by atoms with van der Waals surface area (Å²) in [5.74, 6) is -1.69. The summed E-state index contributed by atoms with van der Waals surface area (Å²) in [5, 5.41) is 2.28. The van der Waals surface area contributed by atoms with Crippen molar-refractivity contribution in [3.63, 3.8) is 0 Å². The maximum atomic E-state index is 13.5. The van der Waals surface area contributed by atoms with Crippen LogP contribution >= 0.6 is 23.2 Å². The molecule has 0 bridgehead atoms. The molecular formula is C16H11Cl2F4NO. The molecule has 128 valence electrons. The molecule has 8 heteroatoms. The van der Waals surface area contributed by atoms with Crippen LogP contribution in [0.1, 0.15) is 34.5 Å². The largest absolute Gasteiger partial charge is 0.417 e. The molecule has 0 aliphatic heterocycles. The predicted octanol–water partition coefficient (Wildman–Crippen LogP) is 5.64. The Morgan fingerprint density at radius 2 is 1.75 bits per heavy atom. The van der Waals surface area contributed by atoms with Crippen LogP contribution in [0.15, 0.2) is 36.4 Å². The fraction of sp³-hybridized carbons (Fsp3) is 0.188. The van der Waals surface area contributed by atoms with E-state index in [0.717, 1.165) is 18.2 Å². The first-order chi connectivity index (χ1) is 11.1. The van der Waals surface area contributed by atoms with Gasteiger partial charge < -0.3 is 5.32 Å². The highest BCUT2D eigenvalue weighted by Crippen LogP contribution is 2.33. The highest BCUT2D eigenvalue weighted by molar-refractivity contribution is 6.35. The van der Waals surface area contributed by atoms with Gasteiger partial charge in [0.25, 0.3) is 5.91 Å². The van der Waals surface area contributed by atoms with Crippen LogP contribution in [0.3, 0.4) is 0 Å². The van der Waals surface area contributed by atoms with Crippen molar-refractivity contribution in [3.05, 3.63) is 69.0 Å². The monoisotopic (exact) mass is 379 g/mol. The first-order valence-corrected chi connectivity index (χ1v) is 7.48. The van der Waals surface area contributed by atoms with Crippen LogP contribution in [0.5, 0.6) is 0 Å². The quantitative estimate of drug-likeness (QED) is 0.542. The molecule has 0 aliphatic rings. The molecule has 1 amide bonds. The SMILES string of the molecule is CC(NC(=O)c1ccccc1C(F)(F)F)c1cc(F)c(Cl)cc1Cl. The molecule has 0 radical (unpaired) electrons. The van der Waals surface area contributed by atoms with Gasteiger partial charge in [0.05, 0.1) is 22.2 Å². The van der Waals surface area contributed by atoms with Crippen molar-refractivity contribution in [2.24, 2.45) is 0 Å². The van der Waals surface area contributed by atoms with Crippen LogP contribution in [0.25, 0.3) is 0 Å². The van der Waals surface area contributed by atoms with E-state index in [1.54, 1.807) is 0 Å². The van der Waals surface area contributed by atoms with E-state index in [0.29, 0.717) is 0 Å². The van der Waals surface area contributed by atoms with Crippen LogP contribution in [-0.2, 0) is 6.18 Å². The van der Waals surface area contributed by atoms with Gasteiger partial charge in [-0.3, -0.25) is 4.79 Å². The van der Waals surface area contributed by atoms with E-state index in [1.807, 2.05) is 0 Å². The second-order valence-corrected chi connectivity index (χ2v) is 5.84. The second-order valence-electron chi connectivity index (χ2n) is 5.03. The number of hydrogen-bond donors (Lipinski definition) is 1. The Morgan fingerprint density at radius 1 is 1.12 bits per heavy atom. The lowest BCUT2D eigenvalue weighted by Crippen LogP contribution is -2.29. The van der Waals surface area contributed by atoms with Gasteiger partial charge in [-0.2, -0.15) is 13.2 Å². The Balaban J connectivity index is 2.29. The third-order valence-corrected chi connectivity index (χ3v) is 3.95. The Hall–Kier alpha value is -1.79. The van der Waals surface area contributed by atoms with E-state index in [4.69, 9.17) is 23.2 Å². The molecule has 24 heavy (non-hydrogen) atoms. The molecule has 1 N–H and O–H groups in total. The van der Waals surface area contributed by atoms with Crippen LogP contribution in [0.4, 0.5) is 17.6 Å². The lowest BCUT2D eigenvalue weighted by molar-refractivity contribution is -0.137. The minimum absolute atomic E-state index is 0.0957. The zero-order valence-corrected chi connectivity index (χ0v) is 13.7. The van der Waals surface area contributed by atoms with E-state index in [2.05, 4.69) is 5.32 Å². The Kier molecular flexibility index (Phi) is 5.40. The van der Waals surface area contributed by atoms with Gasteiger partial charge >= 0.3 is 6.18 Å². The summed E-state index contributed by atoms with van der Waals surface area (Å²) in [4.78, 5) is 12.2. The standard InChI is InChI=1S/C16H11Cl2F4NO/c1-8(10-6-14(19)13(18)7-12(10)17)23-15(24)9-4-2-3-5-11(9)16(20,21)22/h2-8H,1H3,(H,23,24). The molecule has 2 aromatic carbocycles. The smallest absolute Gasteiger partial charge is 0.345 e. The van der Waals surface area contributed by atoms with Gasteiger partial charge in [-0.25, -0.2) is 4.39 Å². The predicted molar refractivity (Wildman–Crippen MR) is 83.7 cm³/mol. The van der Waals surface area contributed by atoms with Crippen molar-refractivity contribution in [3.8, 4) is 0 Å². The van der Waals surface area contributed by atoms with Crippen LogP contribution in [0.2, 0.25) is 10.0 Å². The van der Waals surface area contributed by atoms with Crippen molar-refractivity contribution < 1.29 is 22.4 Å². The lowest BCUT2D eigenvalue weighted by atomic mass is 10.0. The molecule has 1 unspecified atom stereocenters. The van der Waals surface area contributed by atoms with Crippen LogP contribution in [0, 0.1) is 5.82 Å². The molecule has 0 saturated carbocycles. The molecule has 0 aliphatic carbocycles. The van der Waals surface area contributed by atoms with E-state index in [-0.39, 0.29) is 15.6 Å². The topological polar surface area (TPSA) is 29.1 Å². The molecule has 0 heterocycles. The number of nitrogens with one attached hydrogen (secondary N) is 1. The molecule has 1 atom stereocenters. The average Bonchev–Trinajstić information content (AvgIpc) is 2.49. The third kappa shape index (κ3) is 3.99. The van der Waals surface area contributed by atoms with Crippen molar-refractivity contribution >= 4 is 29.1 Å². The summed E-state index contributed by atoms with van der Waals surface area (Å²) in [6.07, 6.45) is -4.67. The number of carbonyl (C=O) groups is 1. The highest BCUT2D eigenvalue weighted by atomic mass is 35.5. The van der Waals surface area contributed by atoms with E-state index < -0.39 is 35.1 Å². The minimum atomic E-state index is -4.67. The number of alkyl halides is 3. The van der Waals surface area contributed by atoms with Gasteiger partial charge in [-0.05, 0) is 36.8 Å². The molecule has 2 aromatic rings. The summed E-state index contributed by atoms with van der Waals surface area (Å²) in [6, 6.07) is 5.77. The van der Waals surface area contributed by atoms with Crippen molar-refractivity contribution in [1.82, 2.24) is 5.32 Å². The maximum Gasteiger partial charge on any atom is 0.417 e. The normalized spacial score (nSPS) is 12.8. The summed E-state index contributed by atoms with van der Waals surface area (Å²) >= 11 is 11.5. The second kappa shape index (κ2) is 6.99. The third-order valence-electron chi connectivity index (χ3n) is 3.33. The number of carbonyl (C=O) groups excluding carboxylic acids is 1. The van der Waals surface area contributed by atoms with E-state index in [1.165, 1.54) is 25.1 Å². The van der Waals surface area contributed by atoms with Gasteiger partial charge in [0.1, 0.15) is 5.82 Å². The van der Waals surface area contributed by atoms with Gasteiger partial charge in [-0.15, -0.1) is 0 Å². The number of benzene rings is 2. The summed E-state index contributed by atoms with van der Waals surface area (Å²) in [5.41, 5.74) is -1.37. The number of hydrogen-bond acceptors (Lipinski definition) is 1. The van der Waals surface area contributed by atoms with Gasteiger partial charge in [0.15, 0.2) is 0 Å². The van der Waals surface area contributed by atoms with Gasteiger partial charge in [-0.1, -0.05) is 35.3 Å². The fourth-order valence-corrected chi connectivity index (χ4v) is 2.70. The number of rotatable bonds is 3. The Morgan fingerprint density at radius 3 is 2.38 bits per heavy atom. The fourth-order valence-electron chi connectivity index (χ4n) is 2.15. The zero-order chi connectivity index (χ0) is 18.1. The highest BCUT2D eigenvalue weighted by Gasteiger charge is 2.35. The molecule has 2 rings (SSSR count). The van der Waals surface area contributed by atoms with Crippen molar-refractivity contribution in [2.75, 3.05) is 0 Å². The van der Waals surface area contributed by atoms with Crippen molar-refractivity contribution in [1.29, 1.82) is 0 Å². The van der Waals surface area contributed by atoms with Gasteiger partial charge in [0, 0.05) is 5.02 Å². The first kappa shape index (κ1) is 18.5. The van der Waals surface area contributed by atoms with Gasteiger partial charge in [0.2, 0.25) is 0 Å². The number of amides is 1. The maximum absolute atomic E-state index is 13.5. The van der Waals surface area contributed by atoms with E-state index >= 15 is 0 Å². The zero-order valence-electron chi connectivity index (χ0n) is 12.2. The lowest BCUT2D eigenvalue weighted by Gasteiger charge is -2.18. The Bertz CT molecular complexity index is 777. The molecule has 0 saturated heterocycles. The molecule has 0 aromatic heterocycles. The average molecular weight is 380 g/mol. The molecule has 0 fully saturated rings. The first-order valence-electron chi connectivity index (χ1n) is 6.72. The van der Waals surface area contributed by atoms with E-state index in [9.17, 15) is 22.4 Å². The molecular weight excluding hydrogens is 369 g/mol. The Labute approximate surface area is 145 Å². The van der Waals surface area contributed by atoms with Crippen LogP contribution in [-0.4, -0.2) is 5.91 Å². The van der Waals surface area contributed by atoms with Crippen molar-refractivity contribution in [2.45, 2.75) is 19.1 Å². The summed E-state index contributed by atoms with van der Waals surface area (Å²) < 4.78 is 52.4. The molecule has 2 nitrogen and oxygen atoms in total. The number of halogens is 6.